The van der Waals surface area contributed by atoms with Gasteiger partial charge in [-0.25, -0.2) is 9.36 Å². The van der Waals surface area contributed by atoms with E-state index in [9.17, 15) is 13.9 Å². The maximum Gasteiger partial charge on any atom is 0.418 e. The summed E-state index contributed by atoms with van der Waals surface area (Å²) >= 11 is 0. The van der Waals surface area contributed by atoms with E-state index in [1.54, 1.807) is 18.2 Å². The van der Waals surface area contributed by atoms with E-state index < -0.39 is 27.6 Å². The Balaban J connectivity index is 1.53. The molecular formula is C32H34O8P2. The van der Waals surface area contributed by atoms with Crippen LogP contribution in [0.1, 0.15) is 34.7 Å². The fraction of sp³-hybridized carbons (Fsp3) is 0.219. The van der Waals surface area contributed by atoms with Crippen LogP contribution in [0.4, 0.5) is 0 Å². The minimum atomic E-state index is -3.32. The van der Waals surface area contributed by atoms with Crippen molar-refractivity contribution in [2.75, 3.05) is 0 Å². The Bertz CT molecular complexity index is 1570. The van der Waals surface area contributed by atoms with Gasteiger partial charge in [0.15, 0.2) is 0 Å². The smallest absolute Gasteiger partial charge is 0.418 e. The molecule has 0 amide bonds. The van der Waals surface area contributed by atoms with Crippen LogP contribution in [0.15, 0.2) is 91.0 Å². The molecule has 0 aromatic heterocycles. The molecule has 3 unspecified atom stereocenters. The molecule has 0 heterocycles. The predicted octanol–water partition coefficient (Wildman–Crippen LogP) is 8.16. The molecule has 0 saturated carbocycles. The maximum absolute atomic E-state index is 13.8. The van der Waals surface area contributed by atoms with Gasteiger partial charge in [0.2, 0.25) is 0 Å². The number of carbonyl (C=O) groups is 1. The zero-order valence-corrected chi connectivity index (χ0v) is 26.1. The van der Waals surface area contributed by atoms with Crippen LogP contribution in [0.3, 0.4) is 0 Å². The molecule has 0 aliphatic rings. The number of ether oxygens (including phenoxy) is 2. The number of rotatable bonds is 12. The fourth-order valence-corrected chi connectivity index (χ4v) is 5.97. The van der Waals surface area contributed by atoms with E-state index in [1.165, 1.54) is 13.0 Å². The molecule has 4 aromatic rings. The normalized spacial score (nSPS) is 13.7. The van der Waals surface area contributed by atoms with Crippen LogP contribution in [-0.2, 0) is 25.3 Å². The number of carbonyl (C=O) groups excluding carboxylic acids is 1. The lowest BCUT2D eigenvalue weighted by molar-refractivity contribution is -0.155. The van der Waals surface area contributed by atoms with Gasteiger partial charge in [-0.05, 0) is 74.6 Å². The van der Waals surface area contributed by atoms with Crippen LogP contribution in [0.5, 0.6) is 23.0 Å². The van der Waals surface area contributed by atoms with E-state index in [1.807, 2.05) is 94.4 Å². The summed E-state index contributed by atoms with van der Waals surface area (Å²) < 4.78 is 55.1. The number of benzene rings is 4. The summed E-state index contributed by atoms with van der Waals surface area (Å²) in [6.07, 6.45) is 0. The second-order valence-electron chi connectivity index (χ2n) is 9.96. The van der Waals surface area contributed by atoms with E-state index in [0.717, 1.165) is 27.8 Å². The van der Waals surface area contributed by atoms with Crippen molar-refractivity contribution in [2.24, 2.45) is 0 Å². The largest absolute Gasteiger partial charge is 0.464 e. The number of hydrogen-bond acceptors (Lipinski definition) is 8. The Morgan fingerprint density at radius 3 is 1.79 bits per heavy atom. The first kappa shape index (κ1) is 31.0. The molecule has 220 valence electrons. The lowest BCUT2D eigenvalue weighted by atomic mass is 10.1. The highest BCUT2D eigenvalue weighted by Crippen LogP contribution is 2.45. The minimum absolute atomic E-state index is 0.0293. The van der Waals surface area contributed by atoms with Gasteiger partial charge in [-0.15, -0.1) is 0 Å². The molecule has 4 rings (SSSR count). The lowest BCUT2D eigenvalue weighted by Crippen LogP contribution is -2.40. The molecule has 0 spiro atoms. The topological polar surface area (TPSA) is 97.4 Å². The van der Waals surface area contributed by atoms with Gasteiger partial charge in [0.25, 0.3) is 13.4 Å². The van der Waals surface area contributed by atoms with Crippen molar-refractivity contribution in [3.05, 3.63) is 119 Å². The average molecular weight is 609 g/mol. The van der Waals surface area contributed by atoms with E-state index >= 15 is 0 Å². The summed E-state index contributed by atoms with van der Waals surface area (Å²) in [5.41, 5.74) is 3.95. The Kier molecular flexibility index (Phi) is 10.2. The molecule has 0 radical (unpaired) electrons. The summed E-state index contributed by atoms with van der Waals surface area (Å²) in [4.78, 5) is 13.5. The lowest BCUT2D eigenvalue weighted by Gasteiger charge is -2.29. The SMILES string of the molecule is Cc1cccc(C)c1O[PH](=O)Oc1cccc(O[PH](=O)C(C)(Oc2c(C)cccc2C)C(=O)OCc2ccccc2)c1. The second-order valence-corrected chi connectivity index (χ2v) is 12.6. The van der Waals surface area contributed by atoms with Gasteiger partial charge >= 0.3 is 14.2 Å². The number of esters is 1. The summed E-state index contributed by atoms with van der Waals surface area (Å²) in [5, 5.41) is -1.97. The summed E-state index contributed by atoms with van der Waals surface area (Å²) in [6.45, 7) is 8.74. The van der Waals surface area contributed by atoms with Gasteiger partial charge in [0.1, 0.15) is 29.6 Å². The number of hydrogen-bond donors (Lipinski definition) is 0. The molecule has 0 N–H and O–H groups in total. The monoisotopic (exact) mass is 608 g/mol. The second kappa shape index (κ2) is 13.8. The molecule has 0 bridgehead atoms. The summed E-state index contributed by atoms with van der Waals surface area (Å²) in [5.74, 6) is 0.384. The van der Waals surface area contributed by atoms with Crippen LogP contribution in [0.2, 0.25) is 0 Å². The first-order chi connectivity index (χ1) is 20.1. The Hall–Kier alpha value is -3.99. The van der Waals surface area contributed by atoms with Crippen molar-refractivity contribution in [3.8, 4) is 23.0 Å². The van der Waals surface area contributed by atoms with Gasteiger partial charge < -0.3 is 23.0 Å². The van der Waals surface area contributed by atoms with Crippen LogP contribution >= 0.6 is 16.3 Å². The Morgan fingerprint density at radius 1 is 0.667 bits per heavy atom. The van der Waals surface area contributed by atoms with Crippen LogP contribution < -0.4 is 18.3 Å². The molecule has 3 atom stereocenters. The first-order valence-corrected chi connectivity index (χ1v) is 15.9. The molecule has 0 aliphatic heterocycles. The molecule has 0 fully saturated rings. The maximum atomic E-state index is 13.8. The third-order valence-electron chi connectivity index (χ3n) is 6.52. The molecule has 0 saturated heterocycles. The molecule has 0 aliphatic carbocycles. The van der Waals surface area contributed by atoms with Gasteiger partial charge in [-0.2, -0.15) is 0 Å². The predicted molar refractivity (Wildman–Crippen MR) is 163 cm³/mol. The highest BCUT2D eigenvalue weighted by atomic mass is 31.1. The highest BCUT2D eigenvalue weighted by molar-refractivity contribution is 7.42. The Morgan fingerprint density at radius 2 is 1.19 bits per heavy atom. The fourth-order valence-electron chi connectivity index (χ4n) is 4.16. The van der Waals surface area contributed by atoms with E-state index in [0.29, 0.717) is 11.5 Å². The molecule has 8 nitrogen and oxygen atoms in total. The zero-order chi connectivity index (χ0) is 30.3. The van der Waals surface area contributed by atoms with Gasteiger partial charge in [0.05, 0.1) is 0 Å². The standard InChI is InChI=1S/C32H34O8P2/c1-22-12-9-13-23(2)29(22)37-32(5,31(33)36-21-26-16-7-6-8-17-26)41(34)38-27-18-11-19-28(20-27)39-42(35)40-30-24(3)14-10-15-25(30)4/h6-20,41-42H,21H2,1-5H3. The van der Waals surface area contributed by atoms with Gasteiger partial charge in [-0.1, -0.05) is 72.8 Å². The molecule has 42 heavy (non-hydrogen) atoms. The van der Waals surface area contributed by atoms with Crippen molar-refractivity contribution in [1.82, 2.24) is 0 Å². The van der Waals surface area contributed by atoms with Crippen LogP contribution in [0.25, 0.3) is 0 Å². The number of aryl methyl sites for hydroxylation is 4. The van der Waals surface area contributed by atoms with E-state index in [2.05, 4.69) is 0 Å². The van der Waals surface area contributed by atoms with Gasteiger partial charge in [0, 0.05) is 6.07 Å². The minimum Gasteiger partial charge on any atom is -0.464 e. The van der Waals surface area contributed by atoms with Crippen molar-refractivity contribution < 1.29 is 37.0 Å². The third-order valence-corrected chi connectivity index (χ3v) is 8.80. The highest BCUT2D eigenvalue weighted by Gasteiger charge is 2.46. The van der Waals surface area contributed by atoms with Crippen LogP contribution in [-0.4, -0.2) is 11.3 Å². The van der Waals surface area contributed by atoms with E-state index in [4.69, 9.17) is 23.0 Å². The number of para-hydroxylation sites is 2. The summed E-state index contributed by atoms with van der Waals surface area (Å²) in [7, 11) is -6.30. The van der Waals surface area contributed by atoms with E-state index in [-0.39, 0.29) is 18.1 Å². The van der Waals surface area contributed by atoms with Crippen molar-refractivity contribution >= 4 is 22.3 Å². The van der Waals surface area contributed by atoms with Crippen molar-refractivity contribution in [1.29, 1.82) is 0 Å². The molecular weight excluding hydrogens is 574 g/mol. The van der Waals surface area contributed by atoms with Crippen molar-refractivity contribution in [2.45, 2.75) is 46.6 Å². The molecule has 4 aromatic carbocycles. The Labute approximate surface area is 247 Å². The van der Waals surface area contributed by atoms with Crippen molar-refractivity contribution in [3.63, 3.8) is 0 Å². The third kappa shape index (κ3) is 7.64. The quantitative estimate of drug-likeness (QED) is 0.117. The van der Waals surface area contributed by atoms with Crippen LogP contribution in [0, 0.1) is 27.7 Å². The zero-order valence-electron chi connectivity index (χ0n) is 24.1. The first-order valence-electron chi connectivity index (χ1n) is 13.3. The summed E-state index contributed by atoms with van der Waals surface area (Å²) in [6, 6.07) is 26.4. The average Bonchev–Trinajstić information content (AvgIpc) is 2.96. The van der Waals surface area contributed by atoms with Gasteiger partial charge in [-0.3, -0.25) is 4.57 Å². The molecule has 10 heteroatoms.